The minimum absolute atomic E-state index is 0.109. The monoisotopic (exact) mass is 282 g/mol. The average molecular weight is 282 g/mol. The molecule has 2 aliphatic rings. The third-order valence-corrected chi connectivity index (χ3v) is 7.03. The summed E-state index contributed by atoms with van der Waals surface area (Å²) in [7, 11) is -6.57. The normalized spacial score (nSPS) is 28.9. The fourth-order valence-corrected chi connectivity index (χ4v) is 5.17. The van der Waals surface area contributed by atoms with Gasteiger partial charge in [0.2, 0.25) is 0 Å². The molecule has 0 aromatic carbocycles. The molecule has 6 nitrogen and oxygen atoms in total. The highest BCUT2D eigenvalue weighted by Crippen LogP contribution is 2.23. The van der Waals surface area contributed by atoms with E-state index < -0.39 is 25.3 Å². The predicted octanol–water partition coefficient (Wildman–Crippen LogP) is -0.554. The second kappa shape index (κ2) is 4.49. The maximum atomic E-state index is 12.2. The molecule has 0 N–H and O–H groups in total. The Kier molecular flexibility index (Phi) is 3.50. The number of nitrogens with zero attached hydrogens (tertiary/aromatic N) is 2. The van der Waals surface area contributed by atoms with Gasteiger partial charge in [0.1, 0.15) is 0 Å². The van der Waals surface area contributed by atoms with Gasteiger partial charge in [-0.15, -0.1) is 0 Å². The molecule has 0 spiro atoms. The molecule has 2 saturated heterocycles. The van der Waals surface area contributed by atoms with Crippen LogP contribution in [0.5, 0.6) is 0 Å². The van der Waals surface area contributed by atoms with E-state index in [0.717, 1.165) is 12.8 Å². The average Bonchev–Trinajstić information content (AvgIpc) is 2.89. The lowest BCUT2D eigenvalue weighted by Gasteiger charge is -2.23. The molecule has 2 fully saturated rings. The molecule has 2 rings (SSSR count). The highest BCUT2D eigenvalue weighted by Gasteiger charge is 2.39. The van der Waals surface area contributed by atoms with E-state index in [1.165, 1.54) is 14.9 Å². The van der Waals surface area contributed by atoms with Crippen LogP contribution in [-0.2, 0) is 20.0 Å². The largest absolute Gasteiger partial charge is 0.282 e. The van der Waals surface area contributed by atoms with E-state index >= 15 is 0 Å². The van der Waals surface area contributed by atoms with E-state index in [0.29, 0.717) is 26.1 Å². The molecule has 0 amide bonds. The van der Waals surface area contributed by atoms with Gasteiger partial charge in [-0.2, -0.15) is 17.0 Å². The van der Waals surface area contributed by atoms with Crippen LogP contribution in [0, 0.1) is 0 Å². The zero-order chi connectivity index (χ0) is 12.7. The fourth-order valence-electron chi connectivity index (χ4n) is 2.34. The van der Waals surface area contributed by atoms with Gasteiger partial charge in [0.05, 0.1) is 5.25 Å². The van der Waals surface area contributed by atoms with Crippen LogP contribution < -0.4 is 0 Å². The van der Waals surface area contributed by atoms with E-state index in [1.807, 2.05) is 0 Å². The van der Waals surface area contributed by atoms with Crippen molar-refractivity contribution in [3.05, 3.63) is 0 Å². The maximum Gasteiger partial charge on any atom is 0.282 e. The quantitative estimate of drug-likeness (QED) is 0.696. The molecule has 0 bridgehead atoms. The highest BCUT2D eigenvalue weighted by atomic mass is 32.2. The molecule has 1 atom stereocenters. The summed E-state index contributed by atoms with van der Waals surface area (Å²) in [5, 5.41) is -0.542. The van der Waals surface area contributed by atoms with Crippen molar-refractivity contribution in [2.45, 2.75) is 24.5 Å². The molecular formula is C9H18N2O4S2. The SMILES string of the molecule is CS(=O)(=O)C1CCN(S(=O)(=O)N2CCCC2)C1. The lowest BCUT2D eigenvalue weighted by Crippen LogP contribution is -2.42. The second-order valence-electron chi connectivity index (χ2n) is 4.71. The van der Waals surface area contributed by atoms with Crippen LogP contribution in [0.4, 0.5) is 0 Å². The number of hydrogen-bond donors (Lipinski definition) is 0. The van der Waals surface area contributed by atoms with E-state index in [-0.39, 0.29) is 6.54 Å². The van der Waals surface area contributed by atoms with Gasteiger partial charge in [0, 0.05) is 32.4 Å². The molecule has 1 unspecified atom stereocenters. The third-order valence-electron chi connectivity index (χ3n) is 3.43. The van der Waals surface area contributed by atoms with Crippen LogP contribution in [0.2, 0.25) is 0 Å². The van der Waals surface area contributed by atoms with Crippen molar-refractivity contribution in [1.82, 2.24) is 8.61 Å². The van der Waals surface area contributed by atoms with Crippen molar-refractivity contribution < 1.29 is 16.8 Å². The van der Waals surface area contributed by atoms with E-state index in [9.17, 15) is 16.8 Å². The Bertz CT molecular complexity index is 479. The third kappa shape index (κ3) is 2.64. The van der Waals surface area contributed by atoms with Gasteiger partial charge in [-0.25, -0.2) is 8.42 Å². The predicted molar refractivity (Wildman–Crippen MR) is 64.5 cm³/mol. The molecule has 2 aliphatic heterocycles. The van der Waals surface area contributed by atoms with E-state index in [1.54, 1.807) is 0 Å². The zero-order valence-electron chi connectivity index (χ0n) is 9.87. The van der Waals surface area contributed by atoms with Crippen LogP contribution in [0.1, 0.15) is 19.3 Å². The van der Waals surface area contributed by atoms with Crippen LogP contribution in [0.3, 0.4) is 0 Å². The first kappa shape index (κ1) is 13.3. The minimum Gasteiger partial charge on any atom is -0.229 e. The van der Waals surface area contributed by atoms with Crippen LogP contribution in [-0.4, -0.2) is 63.1 Å². The number of sulfone groups is 1. The first-order valence-corrected chi connectivity index (χ1v) is 9.11. The molecule has 2 heterocycles. The lowest BCUT2D eigenvalue weighted by molar-refractivity contribution is 0.397. The molecule has 100 valence electrons. The fraction of sp³-hybridized carbons (Fsp3) is 1.00. The van der Waals surface area contributed by atoms with Gasteiger partial charge < -0.3 is 0 Å². The van der Waals surface area contributed by atoms with Crippen molar-refractivity contribution in [3.63, 3.8) is 0 Å². The Labute approximate surface area is 103 Å². The van der Waals surface area contributed by atoms with Crippen molar-refractivity contribution in [1.29, 1.82) is 0 Å². The summed E-state index contributed by atoms with van der Waals surface area (Å²) in [6.45, 7) is 1.54. The van der Waals surface area contributed by atoms with Crippen LogP contribution in [0.25, 0.3) is 0 Å². The van der Waals surface area contributed by atoms with Crippen LogP contribution in [0.15, 0.2) is 0 Å². The van der Waals surface area contributed by atoms with E-state index in [4.69, 9.17) is 0 Å². The summed E-state index contributed by atoms with van der Waals surface area (Å²) in [6, 6.07) is 0. The standard InChI is InChI=1S/C9H18N2O4S2/c1-16(12,13)9-4-7-11(8-9)17(14,15)10-5-2-3-6-10/h9H,2-8H2,1H3. The Hall–Kier alpha value is -0.180. The van der Waals surface area contributed by atoms with Crippen molar-refractivity contribution in [2.24, 2.45) is 0 Å². The highest BCUT2D eigenvalue weighted by molar-refractivity contribution is 7.91. The molecule has 0 aromatic heterocycles. The summed E-state index contributed by atoms with van der Waals surface area (Å²) in [4.78, 5) is 0. The summed E-state index contributed by atoms with van der Waals surface area (Å²) < 4.78 is 49.9. The van der Waals surface area contributed by atoms with Gasteiger partial charge in [-0.05, 0) is 19.3 Å². The molecule has 8 heteroatoms. The van der Waals surface area contributed by atoms with Gasteiger partial charge in [-0.3, -0.25) is 0 Å². The first-order chi connectivity index (χ1) is 7.82. The molecular weight excluding hydrogens is 264 g/mol. The van der Waals surface area contributed by atoms with Crippen LogP contribution >= 0.6 is 0 Å². The van der Waals surface area contributed by atoms with E-state index in [2.05, 4.69) is 0 Å². The first-order valence-electron chi connectivity index (χ1n) is 5.76. The maximum absolute atomic E-state index is 12.2. The van der Waals surface area contributed by atoms with Gasteiger partial charge in [-0.1, -0.05) is 0 Å². The van der Waals surface area contributed by atoms with Gasteiger partial charge in [0.25, 0.3) is 10.2 Å². The Morgan fingerprint density at radius 2 is 1.53 bits per heavy atom. The molecule has 0 saturated carbocycles. The summed E-state index contributed by atoms with van der Waals surface area (Å²) in [6.07, 6.45) is 3.36. The van der Waals surface area contributed by atoms with Gasteiger partial charge in [0.15, 0.2) is 9.84 Å². The van der Waals surface area contributed by atoms with Gasteiger partial charge >= 0.3 is 0 Å². The number of rotatable bonds is 3. The lowest BCUT2D eigenvalue weighted by atomic mass is 10.4. The smallest absolute Gasteiger partial charge is 0.229 e. The molecule has 0 radical (unpaired) electrons. The topological polar surface area (TPSA) is 74.8 Å². The minimum atomic E-state index is -3.43. The summed E-state index contributed by atoms with van der Waals surface area (Å²) >= 11 is 0. The Balaban J connectivity index is 2.10. The zero-order valence-corrected chi connectivity index (χ0v) is 11.5. The molecule has 0 aromatic rings. The summed E-state index contributed by atoms with van der Waals surface area (Å²) in [5.41, 5.74) is 0. The Morgan fingerprint density at radius 3 is 2.00 bits per heavy atom. The number of hydrogen-bond acceptors (Lipinski definition) is 4. The Morgan fingerprint density at radius 1 is 0.941 bits per heavy atom. The molecule has 17 heavy (non-hydrogen) atoms. The molecule has 0 aliphatic carbocycles. The summed E-state index contributed by atoms with van der Waals surface area (Å²) in [5.74, 6) is 0. The van der Waals surface area contributed by atoms with Crippen molar-refractivity contribution in [3.8, 4) is 0 Å². The van der Waals surface area contributed by atoms with Crippen molar-refractivity contribution in [2.75, 3.05) is 32.4 Å². The van der Waals surface area contributed by atoms with Crippen molar-refractivity contribution >= 4 is 20.0 Å². The second-order valence-corrected chi connectivity index (χ2v) is 8.97.